The molecule has 5 nitrogen and oxygen atoms in total. The van der Waals surface area contributed by atoms with E-state index in [1.54, 1.807) is 7.11 Å². The topological polar surface area (TPSA) is 54.6 Å². The maximum atomic E-state index is 5.76. The van der Waals surface area contributed by atoms with Gasteiger partial charge in [-0.15, -0.1) is 0 Å². The van der Waals surface area contributed by atoms with Crippen molar-refractivity contribution in [1.29, 1.82) is 0 Å². The van der Waals surface area contributed by atoms with Crippen LogP contribution in [0.25, 0.3) is 0 Å². The molecule has 1 heterocycles. The summed E-state index contributed by atoms with van der Waals surface area (Å²) in [5.74, 6) is 1.19. The molecule has 2 N–H and O–H groups in total. The molecule has 1 rings (SSSR count). The van der Waals surface area contributed by atoms with Gasteiger partial charge in [0, 0.05) is 13.1 Å². The summed E-state index contributed by atoms with van der Waals surface area (Å²) in [5.41, 5.74) is 5.76. The van der Waals surface area contributed by atoms with E-state index < -0.39 is 0 Å². The molecule has 0 saturated carbocycles. The second-order valence-corrected chi connectivity index (χ2v) is 4.89. The molecule has 17 heavy (non-hydrogen) atoms. The Hall–Kier alpha value is -1.01. The lowest BCUT2D eigenvalue weighted by atomic mass is 10.3. The maximum Gasteiger partial charge on any atom is 0.197 e. The van der Waals surface area contributed by atoms with Gasteiger partial charge in [0.15, 0.2) is 16.6 Å². The Labute approximate surface area is 107 Å². The molecule has 0 aliphatic heterocycles. The highest BCUT2D eigenvalue weighted by atomic mass is 32.1. The van der Waals surface area contributed by atoms with E-state index in [-0.39, 0.29) is 0 Å². The molecule has 98 valence electrons. The molecular weight excluding hydrogens is 236 g/mol. The van der Waals surface area contributed by atoms with Crippen LogP contribution in [0.15, 0.2) is 0 Å². The molecule has 0 aliphatic rings. The smallest absolute Gasteiger partial charge is 0.197 e. The number of nitrogens with zero attached hydrogens (tertiary/aromatic N) is 3. The molecule has 0 unspecified atom stereocenters. The van der Waals surface area contributed by atoms with Crippen LogP contribution in [0, 0.1) is 0 Å². The number of rotatable bonds is 7. The zero-order valence-electron chi connectivity index (χ0n) is 11.1. The molecule has 0 spiro atoms. The van der Waals surface area contributed by atoms with Crippen molar-refractivity contribution in [2.45, 2.75) is 13.3 Å². The van der Waals surface area contributed by atoms with Crippen molar-refractivity contribution < 1.29 is 4.74 Å². The van der Waals surface area contributed by atoms with Crippen LogP contribution in [0.1, 0.15) is 13.3 Å². The van der Waals surface area contributed by atoms with Crippen LogP contribution < -0.4 is 15.4 Å². The minimum absolute atomic E-state index is 0.485. The summed E-state index contributed by atoms with van der Waals surface area (Å²) in [7, 11) is 5.81. The third kappa shape index (κ3) is 3.74. The van der Waals surface area contributed by atoms with Crippen molar-refractivity contribution in [3.8, 4) is 5.75 Å². The molecule has 0 saturated heterocycles. The Kier molecular flexibility index (Phi) is 5.50. The van der Waals surface area contributed by atoms with Gasteiger partial charge < -0.3 is 20.3 Å². The summed E-state index contributed by atoms with van der Waals surface area (Å²) >= 11 is 1.40. The fraction of sp³-hybridized carbons (Fsp3) is 0.727. The van der Waals surface area contributed by atoms with Gasteiger partial charge in [-0.3, -0.25) is 0 Å². The molecule has 0 fully saturated rings. The van der Waals surface area contributed by atoms with Crippen LogP contribution in [0.2, 0.25) is 0 Å². The molecular formula is C11H22N4OS. The predicted molar refractivity (Wildman–Crippen MR) is 74.1 cm³/mol. The molecule has 1 aromatic rings. The SMILES string of the molecule is CCN(CCCN(C)C)c1snc(N)c1OC. The first-order chi connectivity index (χ1) is 8.10. The van der Waals surface area contributed by atoms with Gasteiger partial charge in [0.05, 0.1) is 7.11 Å². The van der Waals surface area contributed by atoms with Crippen molar-refractivity contribution in [3.05, 3.63) is 0 Å². The lowest BCUT2D eigenvalue weighted by molar-refractivity contribution is 0.398. The lowest BCUT2D eigenvalue weighted by Gasteiger charge is -2.22. The molecule has 0 aliphatic carbocycles. The van der Waals surface area contributed by atoms with Crippen LogP contribution in [-0.2, 0) is 0 Å². The normalized spacial score (nSPS) is 10.9. The second-order valence-electron chi connectivity index (χ2n) is 4.14. The zero-order chi connectivity index (χ0) is 12.8. The Balaban J connectivity index is 2.65. The van der Waals surface area contributed by atoms with Crippen LogP contribution in [0.3, 0.4) is 0 Å². The fourth-order valence-electron chi connectivity index (χ4n) is 1.66. The standard InChI is InChI=1S/C11H22N4OS/c1-5-15(8-6-7-14(2)3)11-9(16-4)10(12)13-17-11/h5-8H2,1-4H3,(H2,12,13). The Morgan fingerprint density at radius 2 is 2.06 bits per heavy atom. The van der Waals surface area contributed by atoms with Crippen LogP contribution in [0.4, 0.5) is 10.8 Å². The van der Waals surface area contributed by atoms with Crippen molar-refractivity contribution >= 4 is 22.4 Å². The van der Waals surface area contributed by atoms with Crippen molar-refractivity contribution in [2.75, 3.05) is 51.5 Å². The molecule has 0 amide bonds. The molecule has 0 radical (unpaired) electrons. The molecule has 0 aromatic carbocycles. The average Bonchev–Trinajstić information content (AvgIpc) is 2.65. The van der Waals surface area contributed by atoms with Crippen molar-refractivity contribution in [2.24, 2.45) is 0 Å². The number of ether oxygens (including phenoxy) is 1. The van der Waals surface area contributed by atoms with E-state index in [1.807, 2.05) is 0 Å². The van der Waals surface area contributed by atoms with Crippen LogP contribution >= 0.6 is 11.5 Å². The first kappa shape index (κ1) is 14.1. The summed E-state index contributed by atoms with van der Waals surface area (Å²) in [6.45, 7) is 5.14. The number of hydrogen-bond donors (Lipinski definition) is 1. The van der Waals surface area contributed by atoms with E-state index in [4.69, 9.17) is 10.5 Å². The zero-order valence-corrected chi connectivity index (χ0v) is 11.9. The van der Waals surface area contributed by atoms with Gasteiger partial charge in [0.25, 0.3) is 0 Å². The third-order valence-corrected chi connectivity index (χ3v) is 3.47. The van der Waals surface area contributed by atoms with Gasteiger partial charge in [0.2, 0.25) is 0 Å². The van der Waals surface area contributed by atoms with Gasteiger partial charge in [0.1, 0.15) is 0 Å². The number of aromatic nitrogens is 1. The van der Waals surface area contributed by atoms with Gasteiger partial charge in [-0.25, -0.2) is 0 Å². The number of nitrogen functional groups attached to an aromatic ring is 1. The number of anilines is 2. The number of nitrogens with two attached hydrogens (primary N) is 1. The highest BCUT2D eigenvalue weighted by Gasteiger charge is 2.17. The van der Waals surface area contributed by atoms with Gasteiger partial charge in [-0.05, 0) is 45.5 Å². The van der Waals surface area contributed by atoms with E-state index in [0.717, 1.165) is 31.1 Å². The highest BCUT2D eigenvalue weighted by molar-refractivity contribution is 7.11. The minimum atomic E-state index is 0.485. The van der Waals surface area contributed by atoms with E-state index in [1.165, 1.54) is 11.5 Å². The van der Waals surface area contributed by atoms with E-state index in [0.29, 0.717) is 11.6 Å². The highest BCUT2D eigenvalue weighted by Crippen LogP contribution is 2.37. The van der Waals surface area contributed by atoms with Crippen LogP contribution in [-0.4, -0.2) is 50.1 Å². The van der Waals surface area contributed by atoms with Crippen molar-refractivity contribution in [3.63, 3.8) is 0 Å². The monoisotopic (exact) mass is 258 g/mol. The molecule has 0 atom stereocenters. The maximum absolute atomic E-state index is 5.76. The predicted octanol–water partition coefficient (Wildman–Crippen LogP) is 1.51. The minimum Gasteiger partial charge on any atom is -0.490 e. The first-order valence-corrected chi connectivity index (χ1v) is 6.56. The van der Waals surface area contributed by atoms with Crippen molar-refractivity contribution in [1.82, 2.24) is 9.27 Å². The second kappa shape index (κ2) is 6.66. The Bertz CT molecular complexity index is 340. The Morgan fingerprint density at radius 1 is 1.35 bits per heavy atom. The van der Waals surface area contributed by atoms with E-state index in [2.05, 4.69) is 35.2 Å². The molecule has 0 bridgehead atoms. The number of methoxy groups -OCH3 is 1. The van der Waals surface area contributed by atoms with Gasteiger partial charge in [-0.1, -0.05) is 0 Å². The Morgan fingerprint density at radius 3 is 2.59 bits per heavy atom. The number of hydrogen-bond acceptors (Lipinski definition) is 6. The average molecular weight is 258 g/mol. The summed E-state index contributed by atoms with van der Waals surface area (Å²) in [6.07, 6.45) is 1.11. The fourth-order valence-corrected chi connectivity index (χ4v) is 2.53. The quantitative estimate of drug-likeness (QED) is 0.803. The first-order valence-electron chi connectivity index (χ1n) is 5.79. The third-order valence-electron chi connectivity index (χ3n) is 2.56. The summed E-state index contributed by atoms with van der Waals surface area (Å²) in [4.78, 5) is 4.45. The molecule has 6 heteroatoms. The largest absolute Gasteiger partial charge is 0.490 e. The summed E-state index contributed by atoms with van der Waals surface area (Å²) in [5, 5.41) is 1.03. The summed E-state index contributed by atoms with van der Waals surface area (Å²) < 4.78 is 9.44. The van der Waals surface area contributed by atoms with Gasteiger partial charge in [-0.2, -0.15) is 4.37 Å². The molecule has 1 aromatic heterocycles. The van der Waals surface area contributed by atoms with E-state index in [9.17, 15) is 0 Å². The van der Waals surface area contributed by atoms with Gasteiger partial charge >= 0.3 is 0 Å². The van der Waals surface area contributed by atoms with Crippen LogP contribution in [0.5, 0.6) is 5.75 Å². The van der Waals surface area contributed by atoms with E-state index >= 15 is 0 Å². The lowest BCUT2D eigenvalue weighted by Crippen LogP contribution is -2.26. The summed E-state index contributed by atoms with van der Waals surface area (Å²) in [6, 6.07) is 0.